The molecular formula is C19H33F3O2. The number of hydrogen-bond acceptors (Lipinski definition) is 2. The van der Waals surface area contributed by atoms with Gasteiger partial charge in [-0.25, -0.2) is 0 Å². The second-order valence-corrected chi connectivity index (χ2v) is 7.90. The van der Waals surface area contributed by atoms with Gasteiger partial charge in [0.05, 0.1) is 5.41 Å². The highest BCUT2D eigenvalue weighted by Gasteiger charge is 2.48. The lowest BCUT2D eigenvalue weighted by Gasteiger charge is -2.43. The molecule has 1 atom stereocenters. The first-order valence-electron chi connectivity index (χ1n) is 8.61. The molecule has 0 rings (SSSR count). The van der Waals surface area contributed by atoms with Gasteiger partial charge < -0.3 is 4.74 Å². The molecule has 0 fully saturated rings. The standard InChI is InChI=1S/C19H33F3O2/c1-9-18(10-2,12-11-13-19(20,21)22)24-15(23)17(8,14(3)4)16(5,6)7/h3,9-13H2,1-2,4-8H3. The summed E-state index contributed by atoms with van der Waals surface area (Å²) in [5, 5.41) is 0. The minimum atomic E-state index is -4.19. The zero-order chi connectivity index (χ0) is 19.4. The predicted molar refractivity (Wildman–Crippen MR) is 91.7 cm³/mol. The van der Waals surface area contributed by atoms with Crippen LogP contribution < -0.4 is 0 Å². The SMILES string of the molecule is C=C(C)C(C)(C(=O)OC(CC)(CC)CCCC(F)(F)F)C(C)(C)C. The average molecular weight is 350 g/mol. The summed E-state index contributed by atoms with van der Waals surface area (Å²) in [5.41, 5.74) is -1.47. The second kappa shape index (κ2) is 7.92. The van der Waals surface area contributed by atoms with Crippen LogP contribution in [0.2, 0.25) is 0 Å². The number of halogens is 3. The third kappa shape index (κ3) is 5.52. The highest BCUT2D eigenvalue weighted by Crippen LogP contribution is 2.46. The predicted octanol–water partition coefficient (Wildman–Crippen LogP) is 6.45. The minimum Gasteiger partial charge on any atom is -0.458 e. The number of carbonyl (C=O) groups excluding carboxylic acids is 1. The van der Waals surface area contributed by atoms with Crippen molar-refractivity contribution in [3.63, 3.8) is 0 Å². The summed E-state index contributed by atoms with van der Waals surface area (Å²) < 4.78 is 43.1. The van der Waals surface area contributed by atoms with E-state index < -0.39 is 35.0 Å². The lowest BCUT2D eigenvalue weighted by molar-refractivity contribution is -0.178. The third-order valence-corrected chi connectivity index (χ3v) is 5.45. The Bertz CT molecular complexity index is 443. The van der Waals surface area contributed by atoms with E-state index in [-0.39, 0.29) is 12.8 Å². The van der Waals surface area contributed by atoms with Gasteiger partial charge in [0.1, 0.15) is 5.60 Å². The largest absolute Gasteiger partial charge is 0.458 e. The first kappa shape index (κ1) is 23.0. The summed E-state index contributed by atoms with van der Waals surface area (Å²) in [7, 11) is 0. The van der Waals surface area contributed by atoms with Gasteiger partial charge in [0, 0.05) is 6.42 Å². The quantitative estimate of drug-likeness (QED) is 0.371. The highest BCUT2D eigenvalue weighted by atomic mass is 19.4. The second-order valence-electron chi connectivity index (χ2n) is 7.90. The molecule has 0 saturated carbocycles. The molecule has 0 heterocycles. The Morgan fingerprint density at radius 2 is 1.46 bits per heavy atom. The molecule has 24 heavy (non-hydrogen) atoms. The van der Waals surface area contributed by atoms with Crippen molar-refractivity contribution < 1.29 is 22.7 Å². The molecular weight excluding hydrogens is 317 g/mol. The first-order chi connectivity index (χ1) is 10.6. The fourth-order valence-corrected chi connectivity index (χ4v) is 2.83. The van der Waals surface area contributed by atoms with Gasteiger partial charge in [0.2, 0.25) is 0 Å². The van der Waals surface area contributed by atoms with Gasteiger partial charge in [-0.3, -0.25) is 4.79 Å². The molecule has 5 heteroatoms. The molecule has 142 valence electrons. The van der Waals surface area contributed by atoms with Crippen molar-refractivity contribution in [2.75, 3.05) is 0 Å². The van der Waals surface area contributed by atoms with E-state index in [9.17, 15) is 18.0 Å². The summed E-state index contributed by atoms with van der Waals surface area (Å²) in [6.07, 6.45) is -3.90. The van der Waals surface area contributed by atoms with Crippen molar-refractivity contribution in [2.45, 2.75) is 92.3 Å². The fraction of sp³-hybridized carbons (Fsp3) is 0.842. The molecule has 1 unspecified atom stereocenters. The normalized spacial score (nSPS) is 15.8. The van der Waals surface area contributed by atoms with Crippen molar-refractivity contribution >= 4 is 5.97 Å². The molecule has 0 aromatic carbocycles. The molecule has 2 nitrogen and oxygen atoms in total. The van der Waals surface area contributed by atoms with E-state index in [0.29, 0.717) is 18.4 Å². The summed E-state index contributed by atoms with van der Waals surface area (Å²) >= 11 is 0. The molecule has 0 saturated heterocycles. The van der Waals surface area contributed by atoms with Crippen molar-refractivity contribution in [2.24, 2.45) is 10.8 Å². The van der Waals surface area contributed by atoms with Crippen molar-refractivity contribution in [3.8, 4) is 0 Å². The van der Waals surface area contributed by atoms with Crippen LogP contribution in [0.5, 0.6) is 0 Å². The van der Waals surface area contributed by atoms with Crippen LogP contribution >= 0.6 is 0 Å². The third-order valence-electron chi connectivity index (χ3n) is 5.45. The van der Waals surface area contributed by atoms with Gasteiger partial charge in [-0.15, -0.1) is 0 Å². The Labute approximate surface area is 144 Å². The van der Waals surface area contributed by atoms with Gasteiger partial charge >= 0.3 is 12.1 Å². The molecule has 0 aromatic rings. The number of ether oxygens (including phenoxy) is 1. The Hall–Kier alpha value is -1.00. The van der Waals surface area contributed by atoms with E-state index >= 15 is 0 Å². The van der Waals surface area contributed by atoms with Crippen LogP contribution in [0.25, 0.3) is 0 Å². The van der Waals surface area contributed by atoms with E-state index in [1.807, 2.05) is 34.6 Å². The van der Waals surface area contributed by atoms with E-state index in [1.54, 1.807) is 13.8 Å². The maximum atomic E-state index is 12.9. The first-order valence-corrected chi connectivity index (χ1v) is 8.61. The molecule has 0 spiro atoms. The van der Waals surface area contributed by atoms with E-state index in [2.05, 4.69) is 6.58 Å². The van der Waals surface area contributed by atoms with Crippen LogP contribution in [0.4, 0.5) is 13.2 Å². The Morgan fingerprint density at radius 3 is 1.75 bits per heavy atom. The van der Waals surface area contributed by atoms with Crippen molar-refractivity contribution in [1.82, 2.24) is 0 Å². The van der Waals surface area contributed by atoms with Gasteiger partial charge in [0.25, 0.3) is 0 Å². The van der Waals surface area contributed by atoms with E-state index in [4.69, 9.17) is 4.74 Å². The van der Waals surface area contributed by atoms with Crippen LogP contribution in [-0.4, -0.2) is 17.7 Å². The lowest BCUT2D eigenvalue weighted by atomic mass is 9.64. The van der Waals surface area contributed by atoms with Crippen molar-refractivity contribution in [1.29, 1.82) is 0 Å². The number of hydrogen-bond donors (Lipinski definition) is 0. The summed E-state index contributed by atoms with van der Waals surface area (Å²) in [4.78, 5) is 12.9. The van der Waals surface area contributed by atoms with Gasteiger partial charge in [0.15, 0.2) is 0 Å². The minimum absolute atomic E-state index is 0.0439. The number of esters is 1. The molecule has 0 amide bonds. The van der Waals surface area contributed by atoms with Crippen molar-refractivity contribution in [3.05, 3.63) is 12.2 Å². The summed E-state index contributed by atoms with van der Waals surface area (Å²) in [6.45, 7) is 17.0. The Balaban J connectivity index is 5.36. The summed E-state index contributed by atoms with van der Waals surface area (Å²) in [6, 6.07) is 0. The summed E-state index contributed by atoms with van der Waals surface area (Å²) in [5.74, 6) is -0.404. The molecule has 0 aliphatic carbocycles. The molecule has 0 aromatic heterocycles. The van der Waals surface area contributed by atoms with Gasteiger partial charge in [-0.1, -0.05) is 46.8 Å². The topological polar surface area (TPSA) is 26.3 Å². The average Bonchev–Trinajstić information content (AvgIpc) is 2.42. The Kier molecular flexibility index (Phi) is 7.59. The van der Waals surface area contributed by atoms with Crippen LogP contribution in [-0.2, 0) is 9.53 Å². The van der Waals surface area contributed by atoms with E-state index in [0.717, 1.165) is 0 Å². The smallest absolute Gasteiger partial charge is 0.389 e. The fourth-order valence-electron chi connectivity index (χ4n) is 2.83. The Morgan fingerprint density at radius 1 is 1.00 bits per heavy atom. The lowest BCUT2D eigenvalue weighted by Crippen LogP contribution is -2.47. The zero-order valence-electron chi connectivity index (χ0n) is 16.2. The van der Waals surface area contributed by atoms with Gasteiger partial charge in [-0.05, 0) is 44.9 Å². The zero-order valence-corrected chi connectivity index (χ0v) is 16.2. The maximum Gasteiger partial charge on any atom is 0.389 e. The molecule has 0 radical (unpaired) electrons. The monoisotopic (exact) mass is 350 g/mol. The number of carbonyl (C=O) groups is 1. The van der Waals surface area contributed by atoms with Gasteiger partial charge in [-0.2, -0.15) is 13.2 Å². The van der Waals surface area contributed by atoms with E-state index in [1.165, 1.54) is 0 Å². The van der Waals surface area contributed by atoms with Crippen LogP contribution in [0.15, 0.2) is 12.2 Å². The molecule has 0 aliphatic heterocycles. The highest BCUT2D eigenvalue weighted by molar-refractivity contribution is 5.81. The van der Waals surface area contributed by atoms with Crippen LogP contribution in [0, 0.1) is 10.8 Å². The number of rotatable bonds is 8. The molecule has 0 aliphatic rings. The van der Waals surface area contributed by atoms with Crippen LogP contribution in [0.3, 0.4) is 0 Å². The number of alkyl halides is 3. The van der Waals surface area contributed by atoms with Crippen LogP contribution in [0.1, 0.15) is 80.6 Å². The molecule has 0 N–H and O–H groups in total. The molecule has 0 bridgehead atoms. The maximum absolute atomic E-state index is 12.9.